The fourth-order valence-corrected chi connectivity index (χ4v) is 2.92. The van der Waals surface area contributed by atoms with Gasteiger partial charge >= 0.3 is 12.1 Å². The molecule has 0 spiro atoms. The number of alkyl halides is 3. The van der Waals surface area contributed by atoms with Gasteiger partial charge in [-0.15, -0.1) is 0 Å². The molecule has 2 aliphatic rings. The molecule has 110 valence electrons. The number of hydrogen-bond acceptors (Lipinski definition) is 3. The number of carboxylic acids is 1. The Balaban J connectivity index is 2.07. The zero-order chi connectivity index (χ0) is 14.3. The summed E-state index contributed by atoms with van der Waals surface area (Å²) >= 11 is 0. The molecular weight excluding hydrogens is 261 g/mol. The van der Waals surface area contributed by atoms with Crippen molar-refractivity contribution in [2.75, 3.05) is 6.54 Å². The normalized spacial score (nSPS) is 32.6. The maximum absolute atomic E-state index is 12.6. The monoisotopic (exact) mass is 280 g/mol. The zero-order valence-electron chi connectivity index (χ0n) is 10.6. The van der Waals surface area contributed by atoms with Crippen molar-refractivity contribution < 1.29 is 23.1 Å². The molecule has 2 unspecified atom stereocenters. The SMILES string of the molecule is NC1(C(=O)O)CCCC(N(CC(F)(F)F)C2CC2)C1. The van der Waals surface area contributed by atoms with Crippen LogP contribution in [0.4, 0.5) is 13.2 Å². The number of nitrogens with zero attached hydrogens (tertiary/aromatic N) is 1. The Labute approximate surface area is 109 Å². The maximum atomic E-state index is 12.6. The van der Waals surface area contributed by atoms with Gasteiger partial charge in [0.1, 0.15) is 5.54 Å². The Morgan fingerprint density at radius 2 is 1.95 bits per heavy atom. The summed E-state index contributed by atoms with van der Waals surface area (Å²) in [5, 5.41) is 9.12. The number of nitrogens with two attached hydrogens (primary N) is 1. The van der Waals surface area contributed by atoms with Gasteiger partial charge in [-0.3, -0.25) is 9.69 Å². The first kappa shape index (κ1) is 14.6. The molecule has 0 heterocycles. The predicted molar refractivity (Wildman–Crippen MR) is 62.6 cm³/mol. The standard InChI is InChI=1S/C12H19F3N2O2/c13-12(14,15)7-17(8-3-4-8)9-2-1-5-11(16,6-9)10(18)19/h8-9H,1-7,16H2,(H,18,19). The molecule has 2 atom stereocenters. The van der Waals surface area contributed by atoms with E-state index in [0.29, 0.717) is 19.3 Å². The Hall–Kier alpha value is -0.820. The number of aliphatic carboxylic acids is 1. The van der Waals surface area contributed by atoms with Gasteiger partial charge < -0.3 is 10.8 Å². The molecule has 2 aliphatic carbocycles. The minimum Gasteiger partial charge on any atom is -0.480 e. The largest absolute Gasteiger partial charge is 0.480 e. The third-order valence-corrected chi connectivity index (χ3v) is 4.03. The van der Waals surface area contributed by atoms with Gasteiger partial charge in [-0.05, 0) is 38.5 Å². The minimum atomic E-state index is -4.25. The van der Waals surface area contributed by atoms with Crippen molar-refractivity contribution in [1.29, 1.82) is 0 Å². The van der Waals surface area contributed by atoms with Crippen LogP contribution in [0.3, 0.4) is 0 Å². The van der Waals surface area contributed by atoms with Crippen LogP contribution in [0.1, 0.15) is 38.5 Å². The van der Waals surface area contributed by atoms with Crippen molar-refractivity contribution in [3.05, 3.63) is 0 Å². The highest BCUT2D eigenvalue weighted by Gasteiger charge is 2.46. The van der Waals surface area contributed by atoms with Crippen LogP contribution in [-0.2, 0) is 4.79 Å². The molecule has 0 amide bonds. The minimum absolute atomic E-state index is 0.0530. The fraction of sp³-hybridized carbons (Fsp3) is 0.917. The van der Waals surface area contributed by atoms with Gasteiger partial charge in [-0.2, -0.15) is 13.2 Å². The second-order valence-electron chi connectivity index (χ2n) is 5.73. The smallest absolute Gasteiger partial charge is 0.401 e. The van der Waals surface area contributed by atoms with Crippen molar-refractivity contribution in [2.45, 2.75) is 62.3 Å². The van der Waals surface area contributed by atoms with Crippen molar-refractivity contribution in [1.82, 2.24) is 4.90 Å². The van der Waals surface area contributed by atoms with E-state index in [4.69, 9.17) is 10.8 Å². The quantitative estimate of drug-likeness (QED) is 0.823. The molecule has 7 heteroatoms. The van der Waals surface area contributed by atoms with E-state index < -0.39 is 24.2 Å². The molecule has 2 fully saturated rings. The number of hydrogen-bond donors (Lipinski definition) is 2. The Morgan fingerprint density at radius 3 is 2.42 bits per heavy atom. The maximum Gasteiger partial charge on any atom is 0.401 e. The molecule has 0 radical (unpaired) electrons. The molecule has 3 N–H and O–H groups in total. The number of carbonyl (C=O) groups is 1. The molecule has 0 bridgehead atoms. The van der Waals surface area contributed by atoms with E-state index in [-0.39, 0.29) is 18.5 Å². The van der Waals surface area contributed by atoms with Crippen LogP contribution in [-0.4, -0.2) is 46.3 Å². The number of rotatable bonds is 4. The van der Waals surface area contributed by atoms with Crippen LogP contribution >= 0.6 is 0 Å². The molecule has 0 aromatic carbocycles. The van der Waals surface area contributed by atoms with Crippen LogP contribution in [0.5, 0.6) is 0 Å². The third kappa shape index (κ3) is 3.60. The predicted octanol–water partition coefficient (Wildman–Crippen LogP) is 1.74. The average molecular weight is 280 g/mol. The zero-order valence-corrected chi connectivity index (χ0v) is 10.6. The van der Waals surface area contributed by atoms with Crippen LogP contribution in [0.25, 0.3) is 0 Å². The van der Waals surface area contributed by atoms with Gasteiger partial charge in [-0.25, -0.2) is 0 Å². The Kier molecular flexibility index (Phi) is 3.79. The molecule has 0 aliphatic heterocycles. The Morgan fingerprint density at radius 1 is 1.32 bits per heavy atom. The lowest BCUT2D eigenvalue weighted by Gasteiger charge is -2.41. The van der Waals surface area contributed by atoms with E-state index >= 15 is 0 Å². The van der Waals surface area contributed by atoms with Crippen LogP contribution in [0.2, 0.25) is 0 Å². The summed E-state index contributed by atoms with van der Waals surface area (Å²) in [7, 11) is 0. The van der Waals surface area contributed by atoms with Gasteiger partial charge in [-0.1, -0.05) is 0 Å². The van der Waals surface area contributed by atoms with Crippen molar-refractivity contribution >= 4 is 5.97 Å². The molecular formula is C12H19F3N2O2. The van der Waals surface area contributed by atoms with Gasteiger partial charge in [0.15, 0.2) is 0 Å². The highest BCUT2D eigenvalue weighted by Crippen LogP contribution is 2.38. The summed E-state index contributed by atoms with van der Waals surface area (Å²) in [6.07, 6.45) is -1.12. The Bertz CT molecular complexity index is 357. The second-order valence-corrected chi connectivity index (χ2v) is 5.73. The summed E-state index contributed by atoms with van der Waals surface area (Å²) in [4.78, 5) is 12.6. The van der Waals surface area contributed by atoms with E-state index in [9.17, 15) is 18.0 Å². The number of carboxylic acid groups (broad SMARTS) is 1. The van der Waals surface area contributed by atoms with Crippen molar-refractivity contribution in [2.24, 2.45) is 5.73 Å². The summed E-state index contributed by atoms with van der Waals surface area (Å²) in [6.45, 7) is -0.960. The molecule has 2 saturated carbocycles. The molecule has 2 rings (SSSR count). The lowest BCUT2D eigenvalue weighted by molar-refractivity contribution is -0.157. The molecule has 0 aromatic rings. The third-order valence-electron chi connectivity index (χ3n) is 4.03. The first-order chi connectivity index (χ1) is 8.71. The highest BCUT2D eigenvalue weighted by molar-refractivity contribution is 5.78. The molecule has 0 aromatic heterocycles. The summed E-state index contributed by atoms with van der Waals surface area (Å²) in [5.74, 6) is -1.11. The van der Waals surface area contributed by atoms with Crippen molar-refractivity contribution in [3.63, 3.8) is 0 Å². The van der Waals surface area contributed by atoms with E-state index in [1.165, 1.54) is 4.90 Å². The van der Waals surface area contributed by atoms with E-state index in [1.54, 1.807) is 0 Å². The summed E-state index contributed by atoms with van der Waals surface area (Å²) in [5.41, 5.74) is 4.43. The first-order valence-corrected chi connectivity index (χ1v) is 6.56. The summed E-state index contributed by atoms with van der Waals surface area (Å²) in [6, 6.07) is -0.424. The topological polar surface area (TPSA) is 66.6 Å². The van der Waals surface area contributed by atoms with Crippen molar-refractivity contribution in [3.8, 4) is 0 Å². The van der Waals surface area contributed by atoms with E-state index in [0.717, 1.165) is 12.8 Å². The van der Waals surface area contributed by atoms with Gasteiger partial charge in [0, 0.05) is 12.1 Å². The lowest BCUT2D eigenvalue weighted by Crippen LogP contribution is -2.57. The number of halogens is 3. The summed E-state index contributed by atoms with van der Waals surface area (Å²) < 4.78 is 37.8. The van der Waals surface area contributed by atoms with Crippen LogP contribution < -0.4 is 5.73 Å². The highest BCUT2D eigenvalue weighted by atomic mass is 19.4. The lowest BCUT2D eigenvalue weighted by atomic mass is 9.79. The van der Waals surface area contributed by atoms with E-state index in [1.807, 2.05) is 0 Å². The average Bonchev–Trinajstić information content (AvgIpc) is 3.08. The first-order valence-electron chi connectivity index (χ1n) is 6.56. The van der Waals surface area contributed by atoms with Gasteiger partial charge in [0.05, 0.1) is 6.54 Å². The van der Waals surface area contributed by atoms with Gasteiger partial charge in [0.25, 0.3) is 0 Å². The van der Waals surface area contributed by atoms with Crippen LogP contribution in [0.15, 0.2) is 0 Å². The second kappa shape index (κ2) is 4.94. The van der Waals surface area contributed by atoms with Crippen LogP contribution in [0, 0.1) is 0 Å². The fourth-order valence-electron chi connectivity index (χ4n) is 2.92. The molecule has 0 saturated heterocycles. The van der Waals surface area contributed by atoms with E-state index in [2.05, 4.69) is 0 Å². The van der Waals surface area contributed by atoms with Gasteiger partial charge in [0.2, 0.25) is 0 Å². The molecule has 4 nitrogen and oxygen atoms in total. The molecule has 19 heavy (non-hydrogen) atoms.